The van der Waals surface area contributed by atoms with E-state index in [1.165, 1.54) is 0 Å². The summed E-state index contributed by atoms with van der Waals surface area (Å²) in [5, 5.41) is 5.70. The fraction of sp³-hybridized carbons (Fsp3) is 0.286. The molecule has 0 radical (unpaired) electrons. The van der Waals surface area contributed by atoms with Crippen molar-refractivity contribution in [3.8, 4) is 0 Å². The summed E-state index contributed by atoms with van der Waals surface area (Å²) in [6, 6.07) is 28.1. The summed E-state index contributed by atoms with van der Waals surface area (Å²) in [6.45, 7) is 4.67. The highest BCUT2D eigenvalue weighted by molar-refractivity contribution is 6.30. The highest BCUT2D eigenvalue weighted by Crippen LogP contribution is 2.37. The Bertz CT molecular complexity index is 1570. The molecule has 0 saturated heterocycles. The molecule has 1 aliphatic rings. The van der Waals surface area contributed by atoms with Crippen molar-refractivity contribution in [1.29, 1.82) is 0 Å². The fourth-order valence-electron chi connectivity index (χ4n) is 5.51. The van der Waals surface area contributed by atoms with Crippen molar-refractivity contribution >= 4 is 45.8 Å². The van der Waals surface area contributed by atoms with E-state index in [1.54, 1.807) is 21.9 Å². The number of anilines is 1. The summed E-state index contributed by atoms with van der Waals surface area (Å²) in [7, 11) is 0. The predicted octanol–water partition coefficient (Wildman–Crippen LogP) is 6.79. The van der Waals surface area contributed by atoms with Crippen molar-refractivity contribution < 1.29 is 14.4 Å². The number of nitrogens with one attached hydrogen (secondary N) is 1. The molecular formula is C35H36ClN3O3. The molecule has 4 aromatic carbocycles. The van der Waals surface area contributed by atoms with Gasteiger partial charge in [-0.25, -0.2) is 0 Å². The average molecular weight is 582 g/mol. The maximum atomic E-state index is 14.0. The van der Waals surface area contributed by atoms with Crippen LogP contribution in [0.2, 0.25) is 5.02 Å². The largest absolute Gasteiger partial charge is 0.352 e. The molecule has 0 aliphatic carbocycles. The Labute approximate surface area is 252 Å². The molecule has 1 heterocycles. The summed E-state index contributed by atoms with van der Waals surface area (Å²) in [4.78, 5) is 44.4. The summed E-state index contributed by atoms with van der Waals surface area (Å²) in [5.41, 5.74) is 3.44. The van der Waals surface area contributed by atoms with E-state index >= 15 is 0 Å². The number of hydrogen-bond donors (Lipinski definition) is 1. The van der Waals surface area contributed by atoms with E-state index in [-0.39, 0.29) is 36.7 Å². The lowest BCUT2D eigenvalue weighted by Gasteiger charge is -2.32. The smallest absolute Gasteiger partial charge is 0.258 e. The number of nitrogens with zero attached hydrogens (tertiary/aromatic N) is 2. The molecule has 1 N–H and O–H groups in total. The van der Waals surface area contributed by atoms with Crippen LogP contribution in [0.3, 0.4) is 0 Å². The first-order chi connectivity index (χ1) is 20.4. The van der Waals surface area contributed by atoms with E-state index < -0.39 is 6.04 Å². The lowest BCUT2D eigenvalue weighted by Crippen LogP contribution is -2.52. The quantitative estimate of drug-likeness (QED) is 0.200. The highest BCUT2D eigenvalue weighted by atomic mass is 35.5. The van der Waals surface area contributed by atoms with Crippen LogP contribution in [-0.2, 0) is 22.6 Å². The number of carbonyl (C=O) groups excluding carboxylic acids is 3. The molecule has 2 unspecified atom stereocenters. The maximum Gasteiger partial charge on any atom is 0.258 e. The van der Waals surface area contributed by atoms with Gasteiger partial charge in [-0.15, -0.1) is 0 Å². The Morgan fingerprint density at radius 3 is 2.33 bits per heavy atom. The van der Waals surface area contributed by atoms with Gasteiger partial charge in [0.05, 0.1) is 5.69 Å². The Balaban J connectivity index is 1.37. The lowest BCUT2D eigenvalue weighted by atomic mass is 10.0. The van der Waals surface area contributed by atoms with Crippen molar-refractivity contribution in [3.63, 3.8) is 0 Å². The van der Waals surface area contributed by atoms with Gasteiger partial charge in [-0.3, -0.25) is 14.4 Å². The van der Waals surface area contributed by atoms with Gasteiger partial charge in [-0.2, -0.15) is 0 Å². The molecule has 4 aromatic rings. The molecule has 3 amide bonds. The van der Waals surface area contributed by atoms with Crippen LogP contribution in [0, 0.1) is 0 Å². The molecule has 1 aliphatic heterocycles. The third-order valence-corrected chi connectivity index (χ3v) is 8.21. The molecule has 5 rings (SSSR count). The van der Waals surface area contributed by atoms with Crippen LogP contribution in [0.1, 0.15) is 54.6 Å². The topological polar surface area (TPSA) is 69.7 Å². The number of amides is 3. The zero-order valence-electron chi connectivity index (χ0n) is 24.1. The third kappa shape index (κ3) is 6.50. The molecule has 0 fully saturated rings. The Hall–Kier alpha value is -4.16. The second kappa shape index (κ2) is 13.2. The van der Waals surface area contributed by atoms with Gasteiger partial charge >= 0.3 is 0 Å². The number of benzene rings is 4. The van der Waals surface area contributed by atoms with Crippen LogP contribution >= 0.6 is 11.6 Å². The minimum Gasteiger partial charge on any atom is -0.352 e. The minimum atomic E-state index is -0.698. The van der Waals surface area contributed by atoms with Gasteiger partial charge in [-0.1, -0.05) is 85.3 Å². The van der Waals surface area contributed by atoms with Crippen molar-refractivity contribution in [2.75, 3.05) is 11.4 Å². The molecular weight excluding hydrogens is 546 g/mol. The normalized spacial score (nSPS) is 13.7. The minimum absolute atomic E-state index is 0.0197. The van der Waals surface area contributed by atoms with Crippen LogP contribution in [0.15, 0.2) is 91.0 Å². The van der Waals surface area contributed by atoms with Gasteiger partial charge in [0.25, 0.3) is 5.91 Å². The van der Waals surface area contributed by atoms with Crippen molar-refractivity contribution in [2.24, 2.45) is 0 Å². The van der Waals surface area contributed by atoms with E-state index in [4.69, 9.17) is 11.6 Å². The first kappa shape index (κ1) is 29.3. The van der Waals surface area contributed by atoms with Crippen molar-refractivity contribution in [1.82, 2.24) is 10.2 Å². The van der Waals surface area contributed by atoms with Gasteiger partial charge in [-0.05, 0) is 60.5 Å². The van der Waals surface area contributed by atoms with Crippen LogP contribution in [-0.4, -0.2) is 41.2 Å². The second-order valence-electron chi connectivity index (χ2n) is 10.9. The first-order valence-electron chi connectivity index (χ1n) is 14.6. The number of halogens is 1. The standard InChI is InChI=1S/C35H36ClN3O3/c1-3-24(2)37-34(41)31(22-25-10-5-4-6-11-25)39(23-26-17-19-28(36)20-18-26)32(40)16-9-21-38-30-15-8-13-27-12-7-14-29(33(27)30)35(38)42/h4-8,10-15,17-20,24,31H,3,9,16,21-23H2,1-2H3,(H,37,41). The van der Waals surface area contributed by atoms with Gasteiger partial charge in [0.15, 0.2) is 0 Å². The van der Waals surface area contributed by atoms with Crippen LogP contribution < -0.4 is 10.2 Å². The first-order valence-corrected chi connectivity index (χ1v) is 14.9. The van der Waals surface area contributed by atoms with E-state index in [1.807, 2.05) is 92.7 Å². The maximum absolute atomic E-state index is 14.0. The second-order valence-corrected chi connectivity index (χ2v) is 11.3. The van der Waals surface area contributed by atoms with Gasteiger partial charge in [0.1, 0.15) is 6.04 Å². The molecule has 0 saturated carbocycles. The van der Waals surface area contributed by atoms with E-state index in [0.717, 1.165) is 34.0 Å². The zero-order valence-corrected chi connectivity index (χ0v) is 24.8. The van der Waals surface area contributed by atoms with Crippen LogP contribution in [0.5, 0.6) is 0 Å². The van der Waals surface area contributed by atoms with E-state index in [2.05, 4.69) is 5.32 Å². The number of hydrogen-bond acceptors (Lipinski definition) is 3. The predicted molar refractivity (Wildman–Crippen MR) is 169 cm³/mol. The van der Waals surface area contributed by atoms with Crippen LogP contribution in [0.25, 0.3) is 10.8 Å². The van der Waals surface area contributed by atoms with Gasteiger partial charge in [0, 0.05) is 47.9 Å². The molecule has 0 bridgehead atoms. The summed E-state index contributed by atoms with van der Waals surface area (Å²) in [5.74, 6) is -0.345. The zero-order chi connectivity index (χ0) is 29.6. The van der Waals surface area contributed by atoms with Crippen LogP contribution in [0.4, 0.5) is 5.69 Å². The number of carbonyl (C=O) groups is 3. The molecule has 7 heteroatoms. The lowest BCUT2D eigenvalue weighted by molar-refractivity contribution is -0.141. The molecule has 2 atom stereocenters. The monoisotopic (exact) mass is 581 g/mol. The SMILES string of the molecule is CCC(C)NC(=O)C(Cc1ccccc1)N(Cc1ccc(Cl)cc1)C(=O)CCCN1C(=O)c2cccc3cccc1c23. The summed E-state index contributed by atoms with van der Waals surface area (Å²) >= 11 is 6.13. The molecule has 0 spiro atoms. The fourth-order valence-corrected chi connectivity index (χ4v) is 5.64. The van der Waals surface area contributed by atoms with Gasteiger partial charge < -0.3 is 15.1 Å². The van der Waals surface area contributed by atoms with Crippen molar-refractivity contribution in [3.05, 3.63) is 113 Å². The average Bonchev–Trinajstić information content (AvgIpc) is 3.28. The molecule has 0 aromatic heterocycles. The Kier molecular flexibility index (Phi) is 9.23. The van der Waals surface area contributed by atoms with Gasteiger partial charge in [0.2, 0.25) is 11.8 Å². The number of rotatable bonds is 12. The Morgan fingerprint density at radius 2 is 1.62 bits per heavy atom. The molecule has 42 heavy (non-hydrogen) atoms. The molecule has 6 nitrogen and oxygen atoms in total. The molecule has 216 valence electrons. The van der Waals surface area contributed by atoms with Crippen molar-refractivity contribution in [2.45, 2.75) is 58.2 Å². The van der Waals surface area contributed by atoms with E-state index in [9.17, 15) is 14.4 Å². The third-order valence-electron chi connectivity index (χ3n) is 7.96. The Morgan fingerprint density at radius 1 is 0.905 bits per heavy atom. The highest BCUT2D eigenvalue weighted by Gasteiger charge is 2.32. The summed E-state index contributed by atoms with van der Waals surface area (Å²) < 4.78 is 0. The van der Waals surface area contributed by atoms with E-state index in [0.29, 0.717) is 30.0 Å². The summed E-state index contributed by atoms with van der Waals surface area (Å²) in [6.07, 6.45) is 1.85.